The van der Waals surface area contributed by atoms with Gasteiger partial charge in [-0.2, -0.15) is 10.2 Å². The molecule has 8 heteroatoms. The lowest BCUT2D eigenvalue weighted by Gasteiger charge is -2.12. The second-order valence-electron chi connectivity index (χ2n) is 6.85. The number of nitrogens with one attached hydrogen (secondary N) is 2. The predicted molar refractivity (Wildman–Crippen MR) is 128 cm³/mol. The zero-order valence-corrected chi connectivity index (χ0v) is 19.8. The Morgan fingerprint density at radius 2 is 1.93 bits per heavy atom. The number of aromatic nitrogens is 4. The van der Waals surface area contributed by atoms with Crippen LogP contribution < -0.4 is 10.6 Å². The van der Waals surface area contributed by atoms with Gasteiger partial charge in [-0.1, -0.05) is 24.3 Å². The highest BCUT2D eigenvalue weighted by molar-refractivity contribution is 14.0. The summed E-state index contributed by atoms with van der Waals surface area (Å²) >= 11 is 0. The van der Waals surface area contributed by atoms with Gasteiger partial charge in [0.05, 0.1) is 18.8 Å². The minimum atomic E-state index is 0. The van der Waals surface area contributed by atoms with Gasteiger partial charge < -0.3 is 10.6 Å². The van der Waals surface area contributed by atoms with E-state index in [1.165, 1.54) is 22.4 Å². The molecule has 0 spiro atoms. The Morgan fingerprint density at radius 3 is 2.59 bits per heavy atom. The first-order valence-corrected chi connectivity index (χ1v) is 9.63. The fourth-order valence-corrected chi connectivity index (χ4v) is 3.16. The molecule has 0 saturated heterocycles. The number of hydrogen-bond donors (Lipinski definition) is 2. The summed E-state index contributed by atoms with van der Waals surface area (Å²) in [7, 11) is 1.97. The third-order valence-corrected chi connectivity index (χ3v) is 4.75. The quantitative estimate of drug-likeness (QED) is 0.293. The van der Waals surface area contributed by atoms with E-state index < -0.39 is 0 Å². The van der Waals surface area contributed by atoms with E-state index >= 15 is 0 Å². The van der Waals surface area contributed by atoms with Crippen LogP contribution in [0.5, 0.6) is 0 Å². The molecule has 2 heterocycles. The summed E-state index contributed by atoms with van der Waals surface area (Å²) in [5, 5.41) is 15.5. The van der Waals surface area contributed by atoms with Crippen molar-refractivity contribution >= 4 is 29.9 Å². The van der Waals surface area contributed by atoms with Crippen molar-refractivity contribution in [2.24, 2.45) is 12.0 Å². The van der Waals surface area contributed by atoms with E-state index in [2.05, 4.69) is 58.9 Å². The van der Waals surface area contributed by atoms with E-state index in [-0.39, 0.29) is 24.0 Å². The van der Waals surface area contributed by atoms with E-state index in [0.717, 1.165) is 24.7 Å². The third-order valence-electron chi connectivity index (χ3n) is 4.75. The smallest absolute Gasteiger partial charge is 0.191 e. The highest BCUT2D eigenvalue weighted by Gasteiger charge is 2.09. The van der Waals surface area contributed by atoms with Gasteiger partial charge in [0.25, 0.3) is 0 Å². The average molecular weight is 507 g/mol. The molecule has 0 saturated carbocycles. The second-order valence-corrected chi connectivity index (χ2v) is 6.85. The van der Waals surface area contributed by atoms with Gasteiger partial charge in [-0.3, -0.25) is 9.36 Å². The molecular formula is C21H30IN7. The lowest BCUT2D eigenvalue weighted by Crippen LogP contribution is -2.37. The van der Waals surface area contributed by atoms with Crippen LogP contribution >= 0.6 is 24.0 Å². The van der Waals surface area contributed by atoms with Crippen molar-refractivity contribution in [2.75, 3.05) is 6.54 Å². The molecule has 2 N–H and O–H groups in total. The fraction of sp³-hybridized carbons (Fsp3) is 0.381. The zero-order valence-electron chi connectivity index (χ0n) is 17.5. The Morgan fingerprint density at radius 1 is 1.14 bits per heavy atom. The van der Waals surface area contributed by atoms with Crippen molar-refractivity contribution in [2.45, 2.75) is 40.4 Å². The molecule has 0 aliphatic carbocycles. The molecule has 1 aromatic carbocycles. The van der Waals surface area contributed by atoms with Crippen molar-refractivity contribution < 1.29 is 0 Å². The minimum absolute atomic E-state index is 0. The van der Waals surface area contributed by atoms with E-state index in [4.69, 9.17) is 4.99 Å². The molecule has 0 bridgehead atoms. The van der Waals surface area contributed by atoms with Crippen molar-refractivity contribution in [1.82, 2.24) is 30.2 Å². The van der Waals surface area contributed by atoms with Gasteiger partial charge in [0.2, 0.25) is 0 Å². The first kappa shape index (κ1) is 22.9. The lowest BCUT2D eigenvalue weighted by atomic mass is 10.1. The van der Waals surface area contributed by atoms with Gasteiger partial charge in [-0.25, -0.2) is 4.99 Å². The van der Waals surface area contributed by atoms with Crippen LogP contribution in [0.4, 0.5) is 0 Å². The normalized spacial score (nSPS) is 11.2. The summed E-state index contributed by atoms with van der Waals surface area (Å²) in [5.41, 5.74) is 5.84. The van der Waals surface area contributed by atoms with Crippen LogP contribution in [-0.2, 0) is 26.7 Å². The van der Waals surface area contributed by atoms with Crippen LogP contribution in [0, 0.1) is 13.8 Å². The Bertz CT molecular complexity index is 929. The number of rotatable bonds is 7. The number of benzene rings is 1. The molecule has 0 radical (unpaired) electrons. The SMILES string of the molecule is CCNC(=NCc1cccc(Cn2cccn2)c1)NCc1c(C)nn(C)c1C.I. The summed E-state index contributed by atoms with van der Waals surface area (Å²) in [6, 6.07) is 10.4. The number of nitrogens with zero attached hydrogens (tertiary/aromatic N) is 5. The first-order valence-electron chi connectivity index (χ1n) is 9.63. The number of halogens is 1. The summed E-state index contributed by atoms with van der Waals surface area (Å²) in [4.78, 5) is 4.75. The summed E-state index contributed by atoms with van der Waals surface area (Å²) < 4.78 is 3.84. The number of guanidine groups is 1. The Balaban J connectivity index is 0.00000300. The van der Waals surface area contributed by atoms with Crippen molar-refractivity contribution in [3.05, 3.63) is 70.8 Å². The van der Waals surface area contributed by atoms with Gasteiger partial charge in [0, 0.05) is 43.8 Å². The van der Waals surface area contributed by atoms with Crippen molar-refractivity contribution in [3.8, 4) is 0 Å². The maximum absolute atomic E-state index is 4.75. The van der Waals surface area contributed by atoms with Crippen LogP contribution in [0.1, 0.15) is 35.0 Å². The standard InChI is InChI=1S/C21H29N7.HI/c1-5-22-21(24-14-20-16(2)26-27(4)17(20)3)23-13-18-8-6-9-19(12-18)15-28-11-7-10-25-28;/h6-12H,5,13-15H2,1-4H3,(H2,22,23,24);1H. The van der Waals surface area contributed by atoms with Crippen LogP contribution in [0.3, 0.4) is 0 Å². The molecule has 0 aliphatic rings. The molecule has 0 fully saturated rings. The highest BCUT2D eigenvalue weighted by atomic mass is 127. The topological polar surface area (TPSA) is 72.1 Å². The molecule has 0 amide bonds. The molecule has 0 aliphatic heterocycles. The maximum atomic E-state index is 4.75. The number of aliphatic imine (C=N–C) groups is 1. The molecule has 2 aromatic heterocycles. The number of hydrogen-bond acceptors (Lipinski definition) is 3. The minimum Gasteiger partial charge on any atom is -0.357 e. The monoisotopic (exact) mass is 507 g/mol. The van der Waals surface area contributed by atoms with Gasteiger partial charge in [-0.15, -0.1) is 24.0 Å². The van der Waals surface area contributed by atoms with Gasteiger partial charge in [-0.05, 0) is 38.0 Å². The van der Waals surface area contributed by atoms with E-state index in [1.54, 1.807) is 6.20 Å². The second kappa shape index (κ2) is 11.0. The van der Waals surface area contributed by atoms with Gasteiger partial charge in [0.15, 0.2) is 5.96 Å². The molecule has 156 valence electrons. The van der Waals surface area contributed by atoms with Crippen LogP contribution in [0.25, 0.3) is 0 Å². The summed E-state index contributed by atoms with van der Waals surface area (Å²) in [6.45, 7) is 9.11. The molecule has 0 atom stereocenters. The van der Waals surface area contributed by atoms with Crippen LogP contribution in [0.15, 0.2) is 47.7 Å². The summed E-state index contributed by atoms with van der Waals surface area (Å²) in [5.74, 6) is 0.808. The Labute approximate surface area is 189 Å². The van der Waals surface area contributed by atoms with Crippen LogP contribution in [0.2, 0.25) is 0 Å². The van der Waals surface area contributed by atoms with Gasteiger partial charge >= 0.3 is 0 Å². The summed E-state index contributed by atoms with van der Waals surface area (Å²) in [6.07, 6.45) is 3.77. The molecular weight excluding hydrogens is 477 g/mol. The third kappa shape index (κ3) is 6.31. The average Bonchev–Trinajstić information content (AvgIpc) is 3.27. The molecule has 0 unspecified atom stereocenters. The van der Waals surface area contributed by atoms with E-state index in [9.17, 15) is 0 Å². The van der Waals surface area contributed by atoms with Crippen LogP contribution in [-0.4, -0.2) is 32.1 Å². The van der Waals surface area contributed by atoms with Gasteiger partial charge in [0.1, 0.15) is 0 Å². The van der Waals surface area contributed by atoms with Crippen molar-refractivity contribution in [3.63, 3.8) is 0 Å². The lowest BCUT2D eigenvalue weighted by molar-refractivity contribution is 0.686. The predicted octanol–water partition coefficient (Wildman–Crippen LogP) is 3.16. The first-order chi connectivity index (χ1) is 13.6. The Kier molecular flexibility index (Phi) is 8.69. The fourth-order valence-electron chi connectivity index (χ4n) is 3.16. The van der Waals surface area contributed by atoms with E-state index in [1.807, 2.05) is 35.6 Å². The largest absolute Gasteiger partial charge is 0.357 e. The molecule has 3 aromatic rings. The maximum Gasteiger partial charge on any atom is 0.191 e. The Hall–Kier alpha value is -2.36. The molecule has 29 heavy (non-hydrogen) atoms. The number of aryl methyl sites for hydroxylation is 2. The molecule has 7 nitrogen and oxygen atoms in total. The van der Waals surface area contributed by atoms with Crippen molar-refractivity contribution in [1.29, 1.82) is 0 Å². The zero-order chi connectivity index (χ0) is 19.9. The van der Waals surface area contributed by atoms with E-state index in [0.29, 0.717) is 13.1 Å². The highest BCUT2D eigenvalue weighted by Crippen LogP contribution is 2.11. The molecule has 3 rings (SSSR count).